The van der Waals surface area contributed by atoms with Crippen LogP contribution < -0.4 is 10.6 Å². The average Bonchev–Trinajstić information content (AvgIpc) is 2.52. The van der Waals surface area contributed by atoms with Crippen LogP contribution >= 0.6 is 0 Å². The van der Waals surface area contributed by atoms with Crippen molar-refractivity contribution in [2.75, 3.05) is 23.4 Å². The van der Waals surface area contributed by atoms with Crippen LogP contribution in [-0.2, 0) is 14.6 Å². The van der Waals surface area contributed by atoms with Crippen molar-refractivity contribution in [1.82, 2.24) is 0 Å². The van der Waals surface area contributed by atoms with Crippen molar-refractivity contribution < 1.29 is 18.1 Å². The molecule has 0 saturated carbocycles. The molecule has 0 aliphatic carbocycles. The number of anilines is 2. The Balaban J connectivity index is 1.99. The zero-order valence-electron chi connectivity index (χ0n) is 12.7. The van der Waals surface area contributed by atoms with Gasteiger partial charge in [0.25, 0.3) is 5.69 Å². The maximum absolute atomic E-state index is 11.9. The summed E-state index contributed by atoms with van der Waals surface area (Å²) < 4.78 is 23.0. The zero-order chi connectivity index (χ0) is 17.7. The summed E-state index contributed by atoms with van der Waals surface area (Å²) >= 11 is 0. The number of non-ortho nitro benzene ring substituents is 1. The van der Waals surface area contributed by atoms with Crippen molar-refractivity contribution in [3.05, 3.63) is 58.6 Å². The summed E-state index contributed by atoms with van der Waals surface area (Å²) in [6.45, 7) is -0.121. The summed E-state index contributed by atoms with van der Waals surface area (Å²) in [5, 5.41) is 16.0. The molecule has 0 aliphatic rings. The van der Waals surface area contributed by atoms with E-state index in [-0.39, 0.29) is 17.1 Å². The van der Waals surface area contributed by atoms with E-state index in [0.29, 0.717) is 11.4 Å². The van der Waals surface area contributed by atoms with E-state index in [1.54, 1.807) is 12.1 Å². The number of hydrogen-bond donors (Lipinski definition) is 2. The fourth-order valence-electron chi connectivity index (χ4n) is 1.92. The fourth-order valence-corrected chi connectivity index (χ4v) is 2.59. The second-order valence-electron chi connectivity index (χ2n) is 5.01. The summed E-state index contributed by atoms with van der Waals surface area (Å²) in [6, 6.07) is 11.7. The van der Waals surface area contributed by atoms with Crippen molar-refractivity contribution in [1.29, 1.82) is 0 Å². The molecule has 0 atom stereocenters. The van der Waals surface area contributed by atoms with E-state index in [1.807, 2.05) is 0 Å². The van der Waals surface area contributed by atoms with Crippen LogP contribution in [0.1, 0.15) is 0 Å². The lowest BCUT2D eigenvalue weighted by molar-refractivity contribution is -0.384. The minimum atomic E-state index is -3.36. The molecule has 2 aromatic carbocycles. The predicted molar refractivity (Wildman–Crippen MR) is 89.8 cm³/mol. The summed E-state index contributed by atoms with van der Waals surface area (Å²) in [6.07, 6.45) is 1.08. The highest BCUT2D eigenvalue weighted by Gasteiger charge is 2.10. The number of nitrogens with one attached hydrogen (secondary N) is 2. The number of nitrogens with zero attached hydrogens (tertiary/aromatic N) is 1. The van der Waals surface area contributed by atoms with Crippen LogP contribution in [0.15, 0.2) is 53.4 Å². The first-order chi connectivity index (χ1) is 11.3. The Labute approximate surface area is 138 Å². The van der Waals surface area contributed by atoms with Crippen LogP contribution in [0.3, 0.4) is 0 Å². The van der Waals surface area contributed by atoms with Gasteiger partial charge in [-0.05, 0) is 24.3 Å². The van der Waals surface area contributed by atoms with Crippen molar-refractivity contribution >= 4 is 32.8 Å². The third-order valence-corrected chi connectivity index (χ3v) is 4.17. The van der Waals surface area contributed by atoms with E-state index in [4.69, 9.17) is 0 Å². The van der Waals surface area contributed by atoms with Crippen LogP contribution in [-0.4, -0.2) is 32.0 Å². The van der Waals surface area contributed by atoms with Gasteiger partial charge in [0.2, 0.25) is 5.91 Å². The molecule has 24 heavy (non-hydrogen) atoms. The smallest absolute Gasteiger partial charge is 0.271 e. The monoisotopic (exact) mass is 349 g/mol. The largest absolute Gasteiger partial charge is 0.376 e. The molecule has 2 rings (SSSR count). The first kappa shape index (κ1) is 17.4. The Morgan fingerprint density at radius 3 is 2.46 bits per heavy atom. The number of carbonyl (C=O) groups excluding carboxylic acids is 1. The SMILES string of the molecule is CS(=O)(=O)c1cccc(NC(=O)CNc2cccc([N+](=O)[O-])c2)c1. The van der Waals surface area contributed by atoms with Crippen LogP contribution in [0, 0.1) is 10.1 Å². The van der Waals surface area contributed by atoms with E-state index in [2.05, 4.69) is 10.6 Å². The van der Waals surface area contributed by atoms with Gasteiger partial charge in [-0.3, -0.25) is 14.9 Å². The summed E-state index contributed by atoms with van der Waals surface area (Å²) in [7, 11) is -3.36. The van der Waals surface area contributed by atoms with Gasteiger partial charge in [-0.15, -0.1) is 0 Å². The fraction of sp³-hybridized carbons (Fsp3) is 0.133. The molecule has 0 radical (unpaired) electrons. The van der Waals surface area contributed by atoms with Crippen molar-refractivity contribution in [2.24, 2.45) is 0 Å². The number of rotatable bonds is 6. The quantitative estimate of drug-likeness (QED) is 0.608. The molecular formula is C15H15N3O5S. The normalized spacial score (nSPS) is 10.9. The topological polar surface area (TPSA) is 118 Å². The average molecular weight is 349 g/mol. The number of hydrogen-bond acceptors (Lipinski definition) is 6. The van der Waals surface area contributed by atoms with Gasteiger partial charge in [-0.1, -0.05) is 12.1 Å². The molecule has 0 spiro atoms. The zero-order valence-corrected chi connectivity index (χ0v) is 13.5. The van der Waals surface area contributed by atoms with Crippen molar-refractivity contribution in [3.63, 3.8) is 0 Å². The first-order valence-electron chi connectivity index (χ1n) is 6.84. The van der Waals surface area contributed by atoms with E-state index in [1.165, 1.54) is 36.4 Å². The Morgan fingerprint density at radius 1 is 1.12 bits per heavy atom. The number of amides is 1. The molecule has 8 nitrogen and oxygen atoms in total. The van der Waals surface area contributed by atoms with E-state index in [0.717, 1.165) is 6.26 Å². The molecular weight excluding hydrogens is 334 g/mol. The third-order valence-electron chi connectivity index (χ3n) is 3.06. The maximum Gasteiger partial charge on any atom is 0.271 e. The summed E-state index contributed by atoms with van der Waals surface area (Å²) in [5.74, 6) is -0.410. The highest BCUT2D eigenvalue weighted by molar-refractivity contribution is 7.90. The molecule has 2 aromatic rings. The molecule has 126 valence electrons. The van der Waals surface area contributed by atoms with Gasteiger partial charge < -0.3 is 10.6 Å². The molecule has 0 fully saturated rings. The maximum atomic E-state index is 11.9. The number of carbonyl (C=O) groups is 1. The van der Waals surface area contributed by atoms with Gasteiger partial charge in [0.15, 0.2) is 9.84 Å². The molecule has 0 aliphatic heterocycles. The summed E-state index contributed by atoms with van der Waals surface area (Å²) in [4.78, 5) is 22.2. The predicted octanol–water partition coefficient (Wildman–Crippen LogP) is 2.05. The van der Waals surface area contributed by atoms with Gasteiger partial charge in [0.1, 0.15) is 0 Å². The van der Waals surface area contributed by atoms with Gasteiger partial charge in [-0.25, -0.2) is 8.42 Å². The second kappa shape index (κ2) is 7.09. The summed E-state index contributed by atoms with van der Waals surface area (Å²) in [5.41, 5.74) is 0.703. The Morgan fingerprint density at radius 2 is 1.79 bits per heavy atom. The van der Waals surface area contributed by atoms with Gasteiger partial charge >= 0.3 is 0 Å². The standard InChI is InChI=1S/C15H15N3O5S/c1-24(22,23)14-7-3-5-12(9-14)17-15(19)10-16-11-4-2-6-13(8-11)18(20)21/h2-9,16H,10H2,1H3,(H,17,19). The Bertz CT molecular complexity index is 880. The number of benzene rings is 2. The lowest BCUT2D eigenvalue weighted by Gasteiger charge is -2.08. The molecule has 9 heteroatoms. The van der Waals surface area contributed by atoms with Crippen LogP contribution in [0.25, 0.3) is 0 Å². The van der Waals surface area contributed by atoms with Crippen LogP contribution in [0.5, 0.6) is 0 Å². The third kappa shape index (κ3) is 4.78. The van der Waals surface area contributed by atoms with E-state index in [9.17, 15) is 23.3 Å². The number of nitro groups is 1. The molecule has 0 bridgehead atoms. The van der Waals surface area contributed by atoms with Crippen LogP contribution in [0.2, 0.25) is 0 Å². The van der Waals surface area contributed by atoms with E-state index < -0.39 is 20.7 Å². The molecule has 2 N–H and O–H groups in total. The highest BCUT2D eigenvalue weighted by Crippen LogP contribution is 2.17. The Kier molecular flexibility index (Phi) is 5.14. The molecule has 0 unspecified atom stereocenters. The van der Waals surface area contributed by atoms with E-state index >= 15 is 0 Å². The van der Waals surface area contributed by atoms with Gasteiger partial charge in [-0.2, -0.15) is 0 Å². The molecule has 1 amide bonds. The minimum Gasteiger partial charge on any atom is -0.376 e. The van der Waals surface area contributed by atoms with Crippen LogP contribution in [0.4, 0.5) is 17.1 Å². The van der Waals surface area contributed by atoms with Crippen molar-refractivity contribution in [3.8, 4) is 0 Å². The number of sulfone groups is 1. The molecule has 0 heterocycles. The molecule has 0 aromatic heterocycles. The van der Waals surface area contributed by atoms with Gasteiger partial charge in [0.05, 0.1) is 16.4 Å². The second-order valence-corrected chi connectivity index (χ2v) is 7.02. The van der Waals surface area contributed by atoms with Gasteiger partial charge in [0, 0.05) is 29.8 Å². The highest BCUT2D eigenvalue weighted by atomic mass is 32.2. The Hall–Kier alpha value is -2.94. The minimum absolute atomic E-state index is 0.0822. The lowest BCUT2D eigenvalue weighted by atomic mass is 10.3. The lowest BCUT2D eigenvalue weighted by Crippen LogP contribution is -2.21. The first-order valence-corrected chi connectivity index (χ1v) is 8.73. The molecule has 0 saturated heterocycles. The van der Waals surface area contributed by atoms with Crippen molar-refractivity contribution in [2.45, 2.75) is 4.90 Å². The number of nitro benzene ring substituents is 1.